The molecule has 0 bridgehead atoms. The largest absolute Gasteiger partial charge is 0.494 e. The first kappa shape index (κ1) is 13.3. The molecule has 0 spiro atoms. The Morgan fingerprint density at radius 3 is 2.94 bits per heavy atom. The van der Waals surface area contributed by atoms with Gasteiger partial charge in [-0.1, -0.05) is 6.07 Å². The summed E-state index contributed by atoms with van der Waals surface area (Å²) in [7, 11) is 0. The van der Waals surface area contributed by atoms with Crippen molar-refractivity contribution < 1.29 is 4.74 Å². The summed E-state index contributed by atoms with van der Waals surface area (Å²) in [6.45, 7) is 4.24. The SMILES string of the molecule is N#Cc1cccc(OCCCN2CCSCC2)c1. The zero-order valence-electron chi connectivity index (χ0n) is 10.5. The van der Waals surface area contributed by atoms with E-state index >= 15 is 0 Å². The summed E-state index contributed by atoms with van der Waals surface area (Å²) >= 11 is 2.04. The molecule has 1 aliphatic heterocycles. The molecule has 1 aliphatic rings. The number of nitrogens with zero attached hydrogens (tertiary/aromatic N) is 2. The van der Waals surface area contributed by atoms with E-state index in [1.807, 2.05) is 23.9 Å². The quantitative estimate of drug-likeness (QED) is 0.763. The Morgan fingerprint density at radius 2 is 2.17 bits per heavy atom. The van der Waals surface area contributed by atoms with Gasteiger partial charge in [-0.2, -0.15) is 17.0 Å². The summed E-state index contributed by atoms with van der Waals surface area (Å²) in [6.07, 6.45) is 1.04. The van der Waals surface area contributed by atoms with Crippen molar-refractivity contribution in [1.82, 2.24) is 4.90 Å². The minimum absolute atomic E-state index is 0.653. The molecule has 2 rings (SSSR count). The van der Waals surface area contributed by atoms with Crippen molar-refractivity contribution >= 4 is 11.8 Å². The van der Waals surface area contributed by atoms with Crippen LogP contribution in [-0.2, 0) is 0 Å². The highest BCUT2D eigenvalue weighted by atomic mass is 32.2. The van der Waals surface area contributed by atoms with Crippen molar-refractivity contribution in [2.45, 2.75) is 6.42 Å². The molecule has 0 unspecified atom stereocenters. The second-order valence-corrected chi connectivity index (χ2v) is 5.52. The molecule has 4 heteroatoms. The Morgan fingerprint density at radius 1 is 1.33 bits per heavy atom. The second kappa shape index (κ2) is 7.30. The van der Waals surface area contributed by atoms with Crippen LogP contribution in [0.15, 0.2) is 24.3 Å². The zero-order valence-corrected chi connectivity index (χ0v) is 11.3. The zero-order chi connectivity index (χ0) is 12.6. The molecule has 96 valence electrons. The van der Waals surface area contributed by atoms with E-state index in [1.54, 1.807) is 12.1 Å². The van der Waals surface area contributed by atoms with Gasteiger partial charge in [0.15, 0.2) is 0 Å². The van der Waals surface area contributed by atoms with Crippen LogP contribution in [0.5, 0.6) is 5.75 Å². The molecule has 0 saturated carbocycles. The fourth-order valence-electron chi connectivity index (χ4n) is 1.96. The molecule has 1 aromatic carbocycles. The highest BCUT2D eigenvalue weighted by molar-refractivity contribution is 7.99. The van der Waals surface area contributed by atoms with E-state index in [0.717, 1.165) is 25.3 Å². The smallest absolute Gasteiger partial charge is 0.120 e. The number of thioether (sulfide) groups is 1. The van der Waals surface area contributed by atoms with E-state index in [-0.39, 0.29) is 0 Å². The summed E-state index contributed by atoms with van der Waals surface area (Å²) < 4.78 is 5.66. The topological polar surface area (TPSA) is 36.3 Å². The number of hydrogen-bond donors (Lipinski definition) is 0. The van der Waals surface area contributed by atoms with Gasteiger partial charge < -0.3 is 9.64 Å². The van der Waals surface area contributed by atoms with Crippen LogP contribution in [0.25, 0.3) is 0 Å². The number of ether oxygens (including phenoxy) is 1. The predicted molar refractivity (Wildman–Crippen MR) is 75.0 cm³/mol. The highest BCUT2D eigenvalue weighted by Gasteiger charge is 2.09. The average Bonchev–Trinajstić information content (AvgIpc) is 2.45. The van der Waals surface area contributed by atoms with Crippen LogP contribution >= 0.6 is 11.8 Å². The number of hydrogen-bond acceptors (Lipinski definition) is 4. The van der Waals surface area contributed by atoms with Gasteiger partial charge in [-0.25, -0.2) is 0 Å². The molecular formula is C14H18N2OS. The third-order valence-electron chi connectivity index (χ3n) is 2.95. The lowest BCUT2D eigenvalue weighted by Gasteiger charge is -2.25. The number of benzene rings is 1. The molecule has 1 aromatic rings. The Hall–Kier alpha value is -1.18. The molecule has 0 atom stereocenters. The molecule has 0 amide bonds. The van der Waals surface area contributed by atoms with Gasteiger partial charge >= 0.3 is 0 Å². The number of rotatable bonds is 5. The second-order valence-electron chi connectivity index (χ2n) is 4.30. The maximum absolute atomic E-state index is 8.79. The lowest BCUT2D eigenvalue weighted by atomic mass is 10.2. The summed E-state index contributed by atoms with van der Waals surface area (Å²) in [5, 5.41) is 8.79. The van der Waals surface area contributed by atoms with Gasteiger partial charge in [0, 0.05) is 31.1 Å². The first-order valence-corrected chi connectivity index (χ1v) is 7.47. The van der Waals surface area contributed by atoms with Gasteiger partial charge in [0.25, 0.3) is 0 Å². The lowest BCUT2D eigenvalue weighted by molar-refractivity contribution is 0.248. The third-order valence-corrected chi connectivity index (χ3v) is 3.90. The minimum atomic E-state index is 0.653. The van der Waals surface area contributed by atoms with Gasteiger partial charge in [-0.05, 0) is 24.6 Å². The Bertz CT molecular complexity index is 411. The van der Waals surface area contributed by atoms with Crippen LogP contribution in [-0.4, -0.2) is 42.6 Å². The van der Waals surface area contributed by atoms with Crippen LogP contribution in [0.4, 0.5) is 0 Å². The van der Waals surface area contributed by atoms with Crippen molar-refractivity contribution in [2.75, 3.05) is 37.7 Å². The first-order valence-electron chi connectivity index (χ1n) is 6.31. The molecule has 0 aliphatic carbocycles. The molecule has 18 heavy (non-hydrogen) atoms. The Kier molecular flexibility index (Phi) is 5.37. The maximum Gasteiger partial charge on any atom is 0.120 e. The van der Waals surface area contributed by atoms with Gasteiger partial charge in [0.05, 0.1) is 18.2 Å². The van der Waals surface area contributed by atoms with Crippen LogP contribution in [0.1, 0.15) is 12.0 Å². The van der Waals surface area contributed by atoms with Crippen LogP contribution < -0.4 is 4.74 Å². The van der Waals surface area contributed by atoms with Crippen LogP contribution in [0.2, 0.25) is 0 Å². The van der Waals surface area contributed by atoms with E-state index in [0.29, 0.717) is 5.56 Å². The van der Waals surface area contributed by atoms with E-state index in [4.69, 9.17) is 10.00 Å². The highest BCUT2D eigenvalue weighted by Crippen LogP contribution is 2.13. The molecule has 0 aromatic heterocycles. The van der Waals surface area contributed by atoms with Gasteiger partial charge in [-0.15, -0.1) is 0 Å². The normalized spacial score (nSPS) is 16.2. The van der Waals surface area contributed by atoms with E-state index in [9.17, 15) is 0 Å². The van der Waals surface area contributed by atoms with Gasteiger partial charge in [0.2, 0.25) is 0 Å². The van der Waals surface area contributed by atoms with Crippen LogP contribution in [0.3, 0.4) is 0 Å². The van der Waals surface area contributed by atoms with E-state index in [2.05, 4.69) is 11.0 Å². The molecular weight excluding hydrogens is 244 g/mol. The molecule has 1 heterocycles. The fourth-order valence-corrected chi connectivity index (χ4v) is 2.94. The van der Waals surface area contributed by atoms with E-state index in [1.165, 1.54) is 24.6 Å². The monoisotopic (exact) mass is 262 g/mol. The Labute approximate surface area is 113 Å². The van der Waals surface area contributed by atoms with Gasteiger partial charge in [0.1, 0.15) is 5.75 Å². The standard InChI is InChI=1S/C14H18N2OS/c15-12-13-3-1-4-14(11-13)17-8-2-5-16-6-9-18-10-7-16/h1,3-4,11H,2,5-10H2. The predicted octanol–water partition coefficient (Wildman–Crippen LogP) is 2.38. The summed E-state index contributed by atoms with van der Waals surface area (Å²) in [5.74, 6) is 3.30. The first-order chi connectivity index (χ1) is 8.88. The molecule has 1 saturated heterocycles. The maximum atomic E-state index is 8.79. The van der Waals surface area contributed by atoms with Crippen molar-refractivity contribution in [3.63, 3.8) is 0 Å². The van der Waals surface area contributed by atoms with E-state index < -0.39 is 0 Å². The molecule has 0 radical (unpaired) electrons. The molecule has 1 fully saturated rings. The van der Waals surface area contributed by atoms with Crippen molar-refractivity contribution in [1.29, 1.82) is 5.26 Å². The third kappa shape index (κ3) is 4.25. The molecule has 0 N–H and O–H groups in total. The van der Waals surface area contributed by atoms with Crippen molar-refractivity contribution in [3.05, 3.63) is 29.8 Å². The summed E-state index contributed by atoms with van der Waals surface area (Å²) in [4.78, 5) is 2.49. The van der Waals surface area contributed by atoms with Crippen LogP contribution in [0, 0.1) is 11.3 Å². The summed E-state index contributed by atoms with van der Waals surface area (Å²) in [6, 6.07) is 9.46. The summed E-state index contributed by atoms with van der Waals surface area (Å²) in [5.41, 5.74) is 0.653. The lowest BCUT2D eigenvalue weighted by Crippen LogP contribution is -2.33. The Balaban J connectivity index is 1.67. The van der Waals surface area contributed by atoms with Crippen molar-refractivity contribution in [2.24, 2.45) is 0 Å². The number of nitriles is 1. The minimum Gasteiger partial charge on any atom is -0.494 e. The fraction of sp³-hybridized carbons (Fsp3) is 0.500. The average molecular weight is 262 g/mol. The van der Waals surface area contributed by atoms with Crippen molar-refractivity contribution in [3.8, 4) is 11.8 Å². The molecule has 3 nitrogen and oxygen atoms in total. The van der Waals surface area contributed by atoms with Gasteiger partial charge in [-0.3, -0.25) is 0 Å².